The molecule has 1 aromatic rings. The molecule has 5 heteroatoms. The zero-order valence-corrected chi connectivity index (χ0v) is 12.9. The van der Waals surface area contributed by atoms with Gasteiger partial charge in [0, 0.05) is 10.9 Å². The van der Waals surface area contributed by atoms with Crippen LogP contribution in [0.5, 0.6) is 0 Å². The number of hydrogen-bond donors (Lipinski definition) is 1. The largest absolute Gasteiger partial charge is 0.461 e. The molecule has 106 valence electrons. The van der Waals surface area contributed by atoms with Crippen molar-refractivity contribution in [3.05, 3.63) is 10.6 Å². The van der Waals surface area contributed by atoms with Gasteiger partial charge in [-0.25, -0.2) is 9.78 Å². The van der Waals surface area contributed by atoms with Gasteiger partial charge in [0.15, 0.2) is 10.8 Å². The van der Waals surface area contributed by atoms with Crippen LogP contribution in [0.1, 0.15) is 55.4 Å². The molecule has 4 nitrogen and oxygen atoms in total. The monoisotopic (exact) mass is 282 g/mol. The summed E-state index contributed by atoms with van der Waals surface area (Å²) in [4.78, 5) is 17.0. The SMILES string of the molecule is CCOC(=O)c1nc(NC2CCC(C)(C)C2)sc1C. The van der Waals surface area contributed by atoms with Gasteiger partial charge in [-0.15, -0.1) is 11.3 Å². The van der Waals surface area contributed by atoms with Crippen molar-refractivity contribution in [3.63, 3.8) is 0 Å². The first-order chi connectivity index (χ1) is 8.91. The number of carbonyl (C=O) groups is 1. The van der Waals surface area contributed by atoms with Crippen LogP contribution in [-0.4, -0.2) is 23.6 Å². The molecule has 2 rings (SSSR count). The maximum atomic E-state index is 11.7. The third-order valence-electron chi connectivity index (χ3n) is 3.56. The molecule has 1 heterocycles. The number of nitrogens with one attached hydrogen (secondary N) is 1. The lowest BCUT2D eigenvalue weighted by Crippen LogP contribution is -2.17. The smallest absolute Gasteiger partial charge is 0.358 e. The number of carbonyl (C=O) groups excluding carboxylic acids is 1. The second-order valence-corrected chi connectivity index (χ2v) is 7.10. The van der Waals surface area contributed by atoms with Crippen molar-refractivity contribution in [2.75, 3.05) is 11.9 Å². The normalized spacial score (nSPS) is 21.4. The fourth-order valence-electron chi connectivity index (χ4n) is 2.58. The molecule has 0 saturated heterocycles. The van der Waals surface area contributed by atoms with Crippen molar-refractivity contribution in [2.45, 2.75) is 53.0 Å². The van der Waals surface area contributed by atoms with Crippen LogP contribution in [0.2, 0.25) is 0 Å². The predicted octanol–water partition coefficient (Wildman–Crippen LogP) is 3.62. The van der Waals surface area contributed by atoms with Crippen LogP contribution in [0.4, 0.5) is 5.13 Å². The number of ether oxygens (including phenoxy) is 1. The fraction of sp³-hybridized carbons (Fsp3) is 0.714. The molecule has 0 spiro atoms. The molecule has 0 bridgehead atoms. The second-order valence-electron chi connectivity index (χ2n) is 5.89. The summed E-state index contributed by atoms with van der Waals surface area (Å²) in [5.41, 5.74) is 0.861. The predicted molar refractivity (Wildman–Crippen MR) is 77.9 cm³/mol. The molecule has 1 aliphatic rings. The van der Waals surface area contributed by atoms with E-state index < -0.39 is 0 Å². The number of esters is 1. The van der Waals surface area contributed by atoms with Gasteiger partial charge < -0.3 is 10.1 Å². The Hall–Kier alpha value is -1.10. The minimum absolute atomic E-state index is 0.323. The van der Waals surface area contributed by atoms with Crippen LogP contribution < -0.4 is 5.32 Å². The Kier molecular flexibility index (Phi) is 4.13. The molecule has 1 fully saturated rings. The molecular weight excluding hydrogens is 260 g/mol. The minimum atomic E-state index is -0.323. The molecular formula is C14H22N2O2S. The number of hydrogen-bond acceptors (Lipinski definition) is 5. The molecule has 1 saturated carbocycles. The molecule has 0 aliphatic heterocycles. The first-order valence-electron chi connectivity index (χ1n) is 6.82. The summed E-state index contributed by atoms with van der Waals surface area (Å²) in [7, 11) is 0. The summed E-state index contributed by atoms with van der Waals surface area (Å²) in [6.45, 7) is 8.69. The molecule has 1 aromatic heterocycles. The average molecular weight is 282 g/mol. The summed E-state index contributed by atoms with van der Waals surface area (Å²) >= 11 is 1.53. The Labute approximate surface area is 118 Å². The molecule has 1 unspecified atom stereocenters. The Bertz CT molecular complexity index is 468. The first-order valence-corrected chi connectivity index (χ1v) is 7.64. The third kappa shape index (κ3) is 3.47. The number of aromatic nitrogens is 1. The molecule has 19 heavy (non-hydrogen) atoms. The minimum Gasteiger partial charge on any atom is -0.461 e. The van der Waals surface area contributed by atoms with E-state index in [4.69, 9.17) is 4.74 Å². The molecule has 0 radical (unpaired) electrons. The summed E-state index contributed by atoms with van der Waals surface area (Å²) in [5.74, 6) is -0.323. The van der Waals surface area contributed by atoms with Gasteiger partial charge in [0.05, 0.1) is 6.61 Å². The maximum Gasteiger partial charge on any atom is 0.358 e. The Morgan fingerprint density at radius 2 is 2.32 bits per heavy atom. The lowest BCUT2D eigenvalue weighted by Gasteiger charge is -2.17. The number of anilines is 1. The highest BCUT2D eigenvalue weighted by atomic mass is 32.1. The molecule has 0 aromatic carbocycles. The summed E-state index contributed by atoms with van der Waals surface area (Å²) in [6, 6.07) is 0.468. The number of thiazole rings is 1. The highest BCUT2D eigenvalue weighted by Gasteiger charge is 2.31. The standard InChI is InChI=1S/C14H22N2O2S/c1-5-18-12(17)11-9(2)19-13(16-11)15-10-6-7-14(3,4)8-10/h10H,5-8H2,1-4H3,(H,15,16). The lowest BCUT2D eigenvalue weighted by molar-refractivity contribution is 0.0519. The Morgan fingerprint density at radius 1 is 1.58 bits per heavy atom. The van der Waals surface area contributed by atoms with Crippen molar-refractivity contribution < 1.29 is 9.53 Å². The molecule has 1 atom stereocenters. The van der Waals surface area contributed by atoms with Gasteiger partial charge >= 0.3 is 5.97 Å². The van der Waals surface area contributed by atoms with Gasteiger partial charge in [0.2, 0.25) is 0 Å². The van der Waals surface area contributed by atoms with E-state index in [0.29, 0.717) is 23.8 Å². The first kappa shape index (κ1) is 14.3. The second kappa shape index (κ2) is 5.49. The summed E-state index contributed by atoms with van der Waals surface area (Å²) in [6.07, 6.45) is 3.56. The van der Waals surface area contributed by atoms with Gasteiger partial charge in [-0.1, -0.05) is 13.8 Å². The van der Waals surface area contributed by atoms with Crippen LogP contribution in [0.25, 0.3) is 0 Å². The van der Waals surface area contributed by atoms with Crippen LogP contribution >= 0.6 is 11.3 Å². The van der Waals surface area contributed by atoms with E-state index in [1.54, 1.807) is 6.92 Å². The quantitative estimate of drug-likeness (QED) is 0.857. The third-order valence-corrected chi connectivity index (χ3v) is 4.46. The van der Waals surface area contributed by atoms with E-state index >= 15 is 0 Å². The maximum absolute atomic E-state index is 11.7. The average Bonchev–Trinajstić information content (AvgIpc) is 2.83. The molecule has 1 aliphatic carbocycles. The van der Waals surface area contributed by atoms with Crippen LogP contribution in [0.3, 0.4) is 0 Å². The van der Waals surface area contributed by atoms with Gasteiger partial charge in [-0.3, -0.25) is 0 Å². The number of aryl methyl sites for hydroxylation is 1. The fourth-order valence-corrected chi connectivity index (χ4v) is 3.46. The van der Waals surface area contributed by atoms with Crippen LogP contribution in [0.15, 0.2) is 0 Å². The lowest BCUT2D eigenvalue weighted by atomic mass is 9.92. The van der Waals surface area contributed by atoms with Gasteiger partial charge in [-0.05, 0) is 38.5 Å². The van der Waals surface area contributed by atoms with E-state index in [1.807, 2.05) is 6.92 Å². The van der Waals surface area contributed by atoms with E-state index in [2.05, 4.69) is 24.1 Å². The van der Waals surface area contributed by atoms with Gasteiger partial charge in [0.1, 0.15) is 0 Å². The van der Waals surface area contributed by atoms with Crippen LogP contribution in [0, 0.1) is 12.3 Å². The van der Waals surface area contributed by atoms with Crippen molar-refractivity contribution in [2.24, 2.45) is 5.41 Å². The molecule has 1 N–H and O–H groups in total. The highest BCUT2D eigenvalue weighted by molar-refractivity contribution is 7.15. The van der Waals surface area contributed by atoms with Crippen LogP contribution in [-0.2, 0) is 4.74 Å². The van der Waals surface area contributed by atoms with E-state index in [1.165, 1.54) is 24.2 Å². The zero-order chi connectivity index (χ0) is 14.0. The van der Waals surface area contributed by atoms with E-state index in [9.17, 15) is 4.79 Å². The summed E-state index contributed by atoms with van der Waals surface area (Å²) in [5, 5.41) is 4.29. The van der Waals surface area contributed by atoms with E-state index in [0.717, 1.165) is 16.4 Å². The number of nitrogens with zero attached hydrogens (tertiary/aromatic N) is 1. The topological polar surface area (TPSA) is 51.2 Å². The van der Waals surface area contributed by atoms with Crippen molar-refractivity contribution >= 4 is 22.4 Å². The van der Waals surface area contributed by atoms with Crippen molar-refractivity contribution in [1.82, 2.24) is 4.98 Å². The van der Waals surface area contributed by atoms with Crippen molar-refractivity contribution in [3.8, 4) is 0 Å². The summed E-state index contributed by atoms with van der Waals surface area (Å²) < 4.78 is 5.00. The van der Waals surface area contributed by atoms with E-state index in [-0.39, 0.29) is 5.97 Å². The Morgan fingerprint density at radius 3 is 2.89 bits per heavy atom. The van der Waals surface area contributed by atoms with Gasteiger partial charge in [-0.2, -0.15) is 0 Å². The molecule has 0 amide bonds. The zero-order valence-electron chi connectivity index (χ0n) is 12.1. The number of rotatable bonds is 4. The Balaban J connectivity index is 2.02. The van der Waals surface area contributed by atoms with Crippen molar-refractivity contribution in [1.29, 1.82) is 0 Å². The highest BCUT2D eigenvalue weighted by Crippen LogP contribution is 2.38. The van der Waals surface area contributed by atoms with Gasteiger partial charge in [0.25, 0.3) is 0 Å².